The molecule has 156 valence electrons. The number of likely N-dealkylation sites (N-methyl/N-ethyl adjacent to an activating group) is 1. The van der Waals surface area contributed by atoms with Gasteiger partial charge in [-0.1, -0.05) is 12.1 Å². The Morgan fingerprint density at radius 3 is 2.57 bits per heavy atom. The van der Waals surface area contributed by atoms with Crippen molar-refractivity contribution in [3.8, 4) is 0 Å². The van der Waals surface area contributed by atoms with Crippen LogP contribution in [0.1, 0.15) is 17.0 Å². The highest BCUT2D eigenvalue weighted by atomic mass is 19.4. The molecule has 6 nitrogen and oxygen atoms in total. The number of aromatic nitrogens is 2. The summed E-state index contributed by atoms with van der Waals surface area (Å²) >= 11 is 0. The van der Waals surface area contributed by atoms with Crippen LogP contribution in [0.4, 0.5) is 19.0 Å². The lowest BCUT2D eigenvalue weighted by Gasteiger charge is -2.21. The Morgan fingerprint density at radius 2 is 1.87 bits per heavy atom. The average Bonchev–Trinajstić information content (AvgIpc) is 3.02. The maximum Gasteiger partial charge on any atom is 0.416 e. The van der Waals surface area contributed by atoms with Gasteiger partial charge in [0.2, 0.25) is 5.91 Å². The van der Waals surface area contributed by atoms with Gasteiger partial charge in [-0.25, -0.2) is 4.98 Å². The number of rotatable bonds is 3. The third kappa shape index (κ3) is 3.86. The van der Waals surface area contributed by atoms with Gasteiger partial charge in [-0.05, 0) is 49.0 Å². The number of hydrogen-bond acceptors (Lipinski definition) is 5. The SMILES string of the molecule is CN1C[C@H](c2ccc(C(F)(F)F)cc2)[C@@H](C(=O)Nc2ccc3ncccc3n2)C1O. The zero-order valence-electron chi connectivity index (χ0n) is 16.0. The van der Waals surface area contributed by atoms with Crippen molar-refractivity contribution in [2.45, 2.75) is 18.3 Å². The van der Waals surface area contributed by atoms with Gasteiger partial charge in [-0.3, -0.25) is 14.7 Å². The van der Waals surface area contributed by atoms with Gasteiger partial charge in [0.05, 0.1) is 22.5 Å². The van der Waals surface area contributed by atoms with E-state index in [1.54, 1.807) is 42.4 Å². The Balaban J connectivity index is 1.58. The van der Waals surface area contributed by atoms with Crippen LogP contribution in [0.25, 0.3) is 11.0 Å². The van der Waals surface area contributed by atoms with E-state index in [1.807, 2.05) is 0 Å². The molecule has 1 amide bonds. The fraction of sp³-hybridized carbons (Fsp3) is 0.286. The van der Waals surface area contributed by atoms with Crippen molar-refractivity contribution in [3.05, 3.63) is 65.9 Å². The van der Waals surface area contributed by atoms with Crippen LogP contribution < -0.4 is 5.32 Å². The van der Waals surface area contributed by atoms with Crippen LogP contribution in [-0.4, -0.2) is 45.7 Å². The minimum absolute atomic E-state index is 0.313. The van der Waals surface area contributed by atoms with Gasteiger partial charge >= 0.3 is 6.18 Å². The highest BCUT2D eigenvalue weighted by molar-refractivity contribution is 5.94. The number of amides is 1. The van der Waals surface area contributed by atoms with Crippen molar-refractivity contribution in [1.29, 1.82) is 0 Å². The molecule has 1 aliphatic rings. The third-order valence-electron chi connectivity index (χ3n) is 5.37. The third-order valence-corrected chi connectivity index (χ3v) is 5.37. The van der Waals surface area contributed by atoms with Gasteiger partial charge in [-0.15, -0.1) is 0 Å². The molecule has 9 heteroatoms. The van der Waals surface area contributed by atoms with Gasteiger partial charge in [-0.2, -0.15) is 13.2 Å². The molecule has 1 aliphatic heterocycles. The van der Waals surface area contributed by atoms with Gasteiger partial charge < -0.3 is 10.4 Å². The standard InChI is InChI=1S/C21H19F3N4O2/c1-28-11-14(12-4-6-13(7-5-12)21(22,23)24)18(20(28)30)19(29)27-17-9-8-15-16(26-17)3-2-10-25-15/h2-10,14,18,20,30H,11H2,1H3,(H,26,27,29)/t14-,18+,20?/m1/s1. The highest BCUT2D eigenvalue weighted by Gasteiger charge is 2.44. The molecule has 2 aromatic heterocycles. The van der Waals surface area contributed by atoms with Crippen molar-refractivity contribution in [1.82, 2.24) is 14.9 Å². The molecule has 1 aromatic carbocycles. The largest absolute Gasteiger partial charge is 0.416 e. The number of aliphatic hydroxyl groups excluding tert-OH is 1. The lowest BCUT2D eigenvalue weighted by atomic mass is 9.87. The number of carbonyl (C=O) groups excluding carboxylic acids is 1. The number of pyridine rings is 2. The number of carbonyl (C=O) groups is 1. The molecule has 0 aliphatic carbocycles. The van der Waals surface area contributed by atoms with E-state index in [0.717, 1.165) is 12.1 Å². The fourth-order valence-electron chi connectivity index (χ4n) is 3.80. The molecular weight excluding hydrogens is 397 g/mol. The van der Waals surface area contributed by atoms with Gasteiger partial charge in [0.1, 0.15) is 12.0 Å². The molecule has 0 bridgehead atoms. The van der Waals surface area contributed by atoms with E-state index in [2.05, 4.69) is 15.3 Å². The van der Waals surface area contributed by atoms with Crippen molar-refractivity contribution in [2.24, 2.45) is 5.92 Å². The molecule has 1 saturated heterocycles. The van der Waals surface area contributed by atoms with Crippen molar-refractivity contribution in [2.75, 3.05) is 18.9 Å². The molecule has 2 N–H and O–H groups in total. The summed E-state index contributed by atoms with van der Waals surface area (Å²) in [7, 11) is 1.66. The van der Waals surface area contributed by atoms with Gasteiger partial charge in [0.25, 0.3) is 0 Å². The fourth-order valence-corrected chi connectivity index (χ4v) is 3.80. The van der Waals surface area contributed by atoms with Gasteiger partial charge in [0, 0.05) is 18.7 Å². The number of nitrogens with zero attached hydrogens (tertiary/aromatic N) is 3. The molecule has 3 atom stereocenters. The average molecular weight is 416 g/mol. The summed E-state index contributed by atoms with van der Waals surface area (Å²) in [5, 5.41) is 13.3. The number of alkyl halides is 3. The van der Waals surface area contributed by atoms with E-state index in [0.29, 0.717) is 29.0 Å². The lowest BCUT2D eigenvalue weighted by molar-refractivity contribution is -0.137. The van der Waals surface area contributed by atoms with Crippen LogP contribution in [0.15, 0.2) is 54.7 Å². The molecule has 1 unspecified atom stereocenters. The molecule has 4 rings (SSSR count). The summed E-state index contributed by atoms with van der Waals surface area (Å²) in [5.41, 5.74) is 1.09. The van der Waals surface area contributed by atoms with E-state index in [9.17, 15) is 23.1 Å². The van der Waals surface area contributed by atoms with E-state index >= 15 is 0 Å². The van der Waals surface area contributed by atoms with E-state index in [4.69, 9.17) is 0 Å². The molecule has 3 aromatic rings. The molecule has 0 radical (unpaired) electrons. The smallest absolute Gasteiger partial charge is 0.378 e. The molecule has 0 saturated carbocycles. The lowest BCUT2D eigenvalue weighted by Crippen LogP contribution is -2.36. The Bertz CT molecular complexity index is 1070. The number of anilines is 1. The predicted octanol–water partition coefficient (Wildman–Crippen LogP) is 3.25. The first kappa shape index (κ1) is 20.2. The summed E-state index contributed by atoms with van der Waals surface area (Å²) in [4.78, 5) is 23.1. The Labute approximate surface area is 170 Å². The summed E-state index contributed by atoms with van der Waals surface area (Å²) < 4.78 is 38.6. The summed E-state index contributed by atoms with van der Waals surface area (Å²) in [6.07, 6.45) is -3.86. The second-order valence-electron chi connectivity index (χ2n) is 7.33. The molecule has 0 spiro atoms. The topological polar surface area (TPSA) is 78.4 Å². The molecule has 3 heterocycles. The normalized spacial score (nSPS) is 22.4. The Kier molecular flexibility index (Phi) is 5.17. The van der Waals surface area contributed by atoms with Gasteiger partial charge in [0.15, 0.2) is 0 Å². The minimum Gasteiger partial charge on any atom is -0.378 e. The predicted molar refractivity (Wildman–Crippen MR) is 104 cm³/mol. The van der Waals surface area contributed by atoms with E-state index < -0.39 is 35.7 Å². The maximum absolute atomic E-state index is 13.0. The minimum atomic E-state index is -4.43. The van der Waals surface area contributed by atoms with Crippen LogP contribution in [0.3, 0.4) is 0 Å². The van der Waals surface area contributed by atoms with Crippen LogP contribution in [0, 0.1) is 5.92 Å². The van der Waals surface area contributed by atoms with Crippen LogP contribution in [0.2, 0.25) is 0 Å². The monoisotopic (exact) mass is 416 g/mol. The number of nitrogens with one attached hydrogen (secondary N) is 1. The number of hydrogen-bond donors (Lipinski definition) is 2. The van der Waals surface area contributed by atoms with E-state index in [-0.39, 0.29) is 0 Å². The first-order chi connectivity index (χ1) is 14.2. The molecular formula is C21H19F3N4O2. The molecule has 1 fully saturated rings. The second kappa shape index (κ2) is 7.66. The van der Waals surface area contributed by atoms with Crippen molar-refractivity contribution < 1.29 is 23.1 Å². The number of benzene rings is 1. The number of likely N-dealkylation sites (tertiary alicyclic amines) is 1. The van der Waals surface area contributed by atoms with Crippen LogP contribution in [0.5, 0.6) is 0 Å². The highest BCUT2D eigenvalue weighted by Crippen LogP contribution is 2.38. The number of halogens is 3. The number of aliphatic hydroxyl groups is 1. The van der Waals surface area contributed by atoms with Crippen molar-refractivity contribution in [3.63, 3.8) is 0 Å². The second-order valence-corrected chi connectivity index (χ2v) is 7.33. The quantitative estimate of drug-likeness (QED) is 0.685. The van der Waals surface area contributed by atoms with Crippen LogP contribution in [-0.2, 0) is 11.0 Å². The number of fused-ring (bicyclic) bond motifs is 1. The van der Waals surface area contributed by atoms with Crippen molar-refractivity contribution >= 4 is 22.8 Å². The summed E-state index contributed by atoms with van der Waals surface area (Å²) in [6, 6.07) is 11.5. The zero-order valence-corrected chi connectivity index (χ0v) is 16.0. The first-order valence-corrected chi connectivity index (χ1v) is 9.32. The van der Waals surface area contributed by atoms with Crippen LogP contribution >= 0.6 is 0 Å². The first-order valence-electron chi connectivity index (χ1n) is 9.32. The van der Waals surface area contributed by atoms with E-state index in [1.165, 1.54) is 12.1 Å². The Hall–Kier alpha value is -3.04. The maximum atomic E-state index is 13.0. The summed E-state index contributed by atoms with van der Waals surface area (Å²) in [5.74, 6) is -1.46. The zero-order chi connectivity index (χ0) is 21.5. The Morgan fingerprint density at radius 1 is 1.13 bits per heavy atom. The molecule has 30 heavy (non-hydrogen) atoms. The summed E-state index contributed by atoms with van der Waals surface area (Å²) in [6.45, 7) is 0.333.